The Bertz CT molecular complexity index is 681. The van der Waals surface area contributed by atoms with Gasteiger partial charge in [0, 0.05) is 13.4 Å². The van der Waals surface area contributed by atoms with Crippen LogP contribution in [0.15, 0.2) is 24.3 Å². The molecule has 1 saturated heterocycles. The lowest BCUT2D eigenvalue weighted by Gasteiger charge is -2.41. The van der Waals surface area contributed by atoms with E-state index in [1.807, 2.05) is 6.92 Å². The monoisotopic (exact) mass is 386 g/mol. The second-order valence-corrected chi connectivity index (χ2v) is 9.31. The van der Waals surface area contributed by atoms with Crippen LogP contribution >= 0.6 is 0 Å². The molecule has 1 heterocycles. The highest BCUT2D eigenvalue weighted by Gasteiger charge is 2.46. The highest BCUT2D eigenvalue weighted by molar-refractivity contribution is 5.68. The maximum Gasteiger partial charge on any atom is 0.407 e. The zero-order valence-corrected chi connectivity index (χ0v) is 17.6. The molecular weight excluding hydrogens is 348 g/mol. The summed E-state index contributed by atoms with van der Waals surface area (Å²) in [5.74, 6) is 1.77. The lowest BCUT2D eigenvalue weighted by Crippen LogP contribution is -2.44. The molecule has 1 spiro atoms. The molecule has 0 unspecified atom stereocenters. The van der Waals surface area contributed by atoms with Crippen LogP contribution in [0.5, 0.6) is 0 Å². The number of benzene rings is 1. The number of hydrogen-bond donors (Lipinski definition) is 1. The minimum atomic E-state index is -0.290. The fourth-order valence-electron chi connectivity index (χ4n) is 6.06. The molecule has 2 fully saturated rings. The molecule has 0 radical (unpaired) electrons. The molecule has 4 nitrogen and oxygen atoms in total. The van der Waals surface area contributed by atoms with Crippen LogP contribution in [0.25, 0.3) is 0 Å². The molecule has 0 bridgehead atoms. The van der Waals surface area contributed by atoms with Crippen LogP contribution in [-0.4, -0.2) is 37.2 Å². The maximum atomic E-state index is 12.0. The van der Waals surface area contributed by atoms with Crippen molar-refractivity contribution >= 4 is 6.09 Å². The number of carbonyl (C=O) groups is 1. The van der Waals surface area contributed by atoms with Gasteiger partial charge in [-0.05, 0) is 62.2 Å². The van der Waals surface area contributed by atoms with Crippen LogP contribution < -0.4 is 5.32 Å². The Morgan fingerprint density at radius 3 is 2.71 bits per heavy atom. The summed E-state index contributed by atoms with van der Waals surface area (Å²) in [6.45, 7) is 8.35. The fourth-order valence-corrected chi connectivity index (χ4v) is 6.06. The van der Waals surface area contributed by atoms with E-state index in [1.54, 1.807) is 0 Å². The third-order valence-electron chi connectivity index (χ3n) is 7.63. The summed E-state index contributed by atoms with van der Waals surface area (Å²) in [6.07, 6.45) is 8.86. The predicted molar refractivity (Wildman–Crippen MR) is 115 cm³/mol. The fraction of sp³-hybridized carbons (Fsp3) is 0.708. The Morgan fingerprint density at radius 1 is 1.29 bits per heavy atom. The summed E-state index contributed by atoms with van der Waals surface area (Å²) in [5, 5.41) is 3.11. The molecule has 1 N–H and O–H groups in total. The van der Waals surface area contributed by atoms with E-state index in [0.29, 0.717) is 6.61 Å². The summed E-state index contributed by atoms with van der Waals surface area (Å²) < 4.78 is 5.15. The molecule has 0 aromatic heterocycles. The quantitative estimate of drug-likeness (QED) is 0.748. The van der Waals surface area contributed by atoms with E-state index in [1.165, 1.54) is 69.3 Å². The van der Waals surface area contributed by atoms with Crippen molar-refractivity contribution in [3.63, 3.8) is 0 Å². The van der Waals surface area contributed by atoms with E-state index < -0.39 is 0 Å². The summed E-state index contributed by atoms with van der Waals surface area (Å²) >= 11 is 0. The predicted octanol–water partition coefficient (Wildman–Crippen LogP) is 5.28. The van der Waals surface area contributed by atoms with E-state index in [9.17, 15) is 4.79 Å². The van der Waals surface area contributed by atoms with E-state index in [2.05, 4.69) is 41.4 Å². The van der Waals surface area contributed by atoms with Gasteiger partial charge in [0.15, 0.2) is 0 Å². The van der Waals surface area contributed by atoms with Gasteiger partial charge in [0.25, 0.3) is 0 Å². The number of rotatable bonds is 5. The van der Waals surface area contributed by atoms with Crippen molar-refractivity contribution in [3.8, 4) is 0 Å². The first kappa shape index (κ1) is 19.8. The molecule has 4 rings (SSSR count). The van der Waals surface area contributed by atoms with E-state index in [-0.39, 0.29) is 19.0 Å². The number of amides is 1. The van der Waals surface area contributed by atoms with Gasteiger partial charge in [-0.2, -0.15) is 0 Å². The standard InChI is InChI=1S/C24H36N2O2.H2/c1-3-28-23(27)25-22-16-24(21-11-7-6-10-20(21)22)12-14-26(15-13-24)17-18(2)19-8-4-5-9-19;/h6-7,10-11,18-19,22H,3-5,8-9,12-17H2,1-2H3,(H,25,27);1H/t18-,22+;/m1./s1. The molecule has 1 aliphatic heterocycles. The van der Waals surface area contributed by atoms with Crippen molar-refractivity contribution in [2.75, 3.05) is 26.2 Å². The third-order valence-corrected chi connectivity index (χ3v) is 7.63. The van der Waals surface area contributed by atoms with Gasteiger partial charge >= 0.3 is 6.09 Å². The van der Waals surface area contributed by atoms with Crippen molar-refractivity contribution in [1.82, 2.24) is 10.2 Å². The maximum absolute atomic E-state index is 12.0. The number of alkyl carbamates (subject to hydrolysis) is 1. The average Bonchev–Trinajstić information content (AvgIpc) is 3.33. The van der Waals surface area contributed by atoms with Crippen molar-refractivity contribution in [2.45, 2.75) is 70.3 Å². The molecule has 4 heteroatoms. The summed E-state index contributed by atoms with van der Waals surface area (Å²) in [5.41, 5.74) is 2.97. The van der Waals surface area contributed by atoms with Crippen molar-refractivity contribution < 1.29 is 11.0 Å². The topological polar surface area (TPSA) is 41.6 Å². The first-order valence-electron chi connectivity index (χ1n) is 11.4. The summed E-state index contributed by atoms with van der Waals surface area (Å²) in [7, 11) is 0. The summed E-state index contributed by atoms with van der Waals surface area (Å²) in [6, 6.07) is 8.81. The van der Waals surface area contributed by atoms with Crippen LogP contribution in [0, 0.1) is 11.8 Å². The minimum Gasteiger partial charge on any atom is -0.450 e. The Morgan fingerprint density at radius 2 is 2.00 bits per heavy atom. The zero-order valence-electron chi connectivity index (χ0n) is 17.6. The highest BCUT2D eigenvalue weighted by Crippen LogP contribution is 2.50. The Labute approximate surface area is 171 Å². The largest absolute Gasteiger partial charge is 0.450 e. The normalized spacial score (nSPS) is 25.6. The van der Waals surface area contributed by atoms with E-state index in [0.717, 1.165) is 18.3 Å². The molecule has 156 valence electrons. The van der Waals surface area contributed by atoms with Crippen LogP contribution in [0.2, 0.25) is 0 Å². The number of nitrogens with zero attached hydrogens (tertiary/aromatic N) is 1. The smallest absolute Gasteiger partial charge is 0.407 e. The van der Waals surface area contributed by atoms with Gasteiger partial charge < -0.3 is 15.0 Å². The van der Waals surface area contributed by atoms with Gasteiger partial charge in [0.05, 0.1) is 12.6 Å². The third kappa shape index (κ3) is 3.94. The molecule has 1 aromatic rings. The van der Waals surface area contributed by atoms with Gasteiger partial charge in [0.1, 0.15) is 0 Å². The average molecular weight is 387 g/mol. The highest BCUT2D eigenvalue weighted by atomic mass is 16.5. The zero-order chi connectivity index (χ0) is 19.6. The van der Waals surface area contributed by atoms with Crippen molar-refractivity contribution in [2.24, 2.45) is 11.8 Å². The van der Waals surface area contributed by atoms with Crippen LogP contribution in [0.1, 0.15) is 77.4 Å². The molecular formula is C24H38N2O2. The molecule has 28 heavy (non-hydrogen) atoms. The van der Waals surface area contributed by atoms with Crippen LogP contribution in [0.4, 0.5) is 4.79 Å². The first-order valence-corrected chi connectivity index (χ1v) is 11.4. The van der Waals surface area contributed by atoms with Gasteiger partial charge in [-0.15, -0.1) is 0 Å². The Hall–Kier alpha value is -1.55. The number of ether oxygens (including phenoxy) is 1. The molecule has 1 aromatic carbocycles. The molecule has 2 aliphatic carbocycles. The SMILES string of the molecule is CCOC(=O)N[C@H]1CC2(CCN(C[C@@H](C)C3CCCC3)CC2)c2ccccc21.[HH]. The second-order valence-electron chi connectivity index (χ2n) is 9.31. The van der Waals surface area contributed by atoms with Crippen LogP contribution in [-0.2, 0) is 10.2 Å². The summed E-state index contributed by atoms with van der Waals surface area (Å²) in [4.78, 5) is 14.7. The number of piperidine rings is 1. The van der Waals surface area contributed by atoms with Crippen LogP contribution in [0.3, 0.4) is 0 Å². The van der Waals surface area contributed by atoms with Gasteiger partial charge in [-0.1, -0.05) is 56.9 Å². The number of likely N-dealkylation sites (tertiary alicyclic amines) is 1. The molecule has 2 atom stereocenters. The molecule has 1 amide bonds. The Balaban J connectivity index is 0.00000240. The minimum absolute atomic E-state index is 0. The lowest BCUT2D eigenvalue weighted by atomic mass is 9.73. The Kier molecular flexibility index (Phi) is 5.96. The van der Waals surface area contributed by atoms with Crippen molar-refractivity contribution in [1.29, 1.82) is 0 Å². The second kappa shape index (κ2) is 8.44. The van der Waals surface area contributed by atoms with Crippen molar-refractivity contribution in [3.05, 3.63) is 35.4 Å². The van der Waals surface area contributed by atoms with Gasteiger partial charge in [0.2, 0.25) is 0 Å². The van der Waals surface area contributed by atoms with E-state index >= 15 is 0 Å². The lowest BCUT2D eigenvalue weighted by molar-refractivity contribution is 0.120. The number of fused-ring (bicyclic) bond motifs is 2. The van der Waals surface area contributed by atoms with E-state index in [4.69, 9.17) is 4.74 Å². The van der Waals surface area contributed by atoms with Gasteiger partial charge in [-0.3, -0.25) is 0 Å². The number of carbonyl (C=O) groups excluding carboxylic acids is 1. The molecule has 1 saturated carbocycles. The number of nitrogens with one attached hydrogen (secondary N) is 1. The first-order chi connectivity index (χ1) is 13.6. The van der Waals surface area contributed by atoms with Gasteiger partial charge in [-0.25, -0.2) is 4.79 Å². The molecule has 3 aliphatic rings. The number of hydrogen-bond acceptors (Lipinski definition) is 3.